The SMILES string of the molecule is CCCC(NC)C(CC)N1CCN(C)CC1. The molecule has 16 heavy (non-hydrogen) atoms. The van der Waals surface area contributed by atoms with E-state index >= 15 is 0 Å². The van der Waals surface area contributed by atoms with Crippen molar-refractivity contribution in [1.29, 1.82) is 0 Å². The van der Waals surface area contributed by atoms with Crippen LogP contribution in [0.4, 0.5) is 0 Å². The molecule has 0 aliphatic carbocycles. The lowest BCUT2D eigenvalue weighted by molar-refractivity contribution is 0.0873. The molecule has 3 nitrogen and oxygen atoms in total. The molecule has 1 rings (SSSR count). The first-order valence-electron chi connectivity index (χ1n) is 6.82. The summed E-state index contributed by atoms with van der Waals surface area (Å²) >= 11 is 0. The highest BCUT2D eigenvalue weighted by molar-refractivity contribution is 4.85. The Morgan fingerprint density at radius 1 is 1.12 bits per heavy atom. The maximum atomic E-state index is 3.51. The quantitative estimate of drug-likeness (QED) is 0.740. The lowest BCUT2D eigenvalue weighted by Gasteiger charge is -2.41. The number of hydrogen-bond acceptors (Lipinski definition) is 3. The highest BCUT2D eigenvalue weighted by Crippen LogP contribution is 2.15. The summed E-state index contributed by atoms with van der Waals surface area (Å²) in [5, 5.41) is 3.51. The number of piperazine rings is 1. The van der Waals surface area contributed by atoms with Crippen molar-refractivity contribution in [3.63, 3.8) is 0 Å². The van der Waals surface area contributed by atoms with E-state index in [1.807, 2.05) is 0 Å². The summed E-state index contributed by atoms with van der Waals surface area (Å²) in [7, 11) is 4.33. The van der Waals surface area contributed by atoms with Crippen LogP contribution in [0.2, 0.25) is 0 Å². The van der Waals surface area contributed by atoms with Crippen molar-refractivity contribution in [3.05, 3.63) is 0 Å². The highest BCUT2D eigenvalue weighted by atomic mass is 15.3. The number of nitrogens with one attached hydrogen (secondary N) is 1. The van der Waals surface area contributed by atoms with Crippen LogP contribution in [-0.2, 0) is 0 Å². The lowest BCUT2D eigenvalue weighted by Crippen LogP contribution is -2.55. The summed E-state index contributed by atoms with van der Waals surface area (Å²) in [6, 6.07) is 1.39. The van der Waals surface area contributed by atoms with Gasteiger partial charge >= 0.3 is 0 Å². The second-order valence-electron chi connectivity index (χ2n) is 5.00. The number of likely N-dealkylation sites (N-methyl/N-ethyl adjacent to an activating group) is 2. The molecule has 0 saturated carbocycles. The minimum atomic E-state index is 0.665. The van der Waals surface area contributed by atoms with Crippen molar-refractivity contribution in [2.45, 2.75) is 45.2 Å². The summed E-state index contributed by atoms with van der Waals surface area (Å²) in [5.41, 5.74) is 0. The van der Waals surface area contributed by atoms with Gasteiger partial charge in [-0.1, -0.05) is 20.3 Å². The van der Waals surface area contributed by atoms with E-state index < -0.39 is 0 Å². The largest absolute Gasteiger partial charge is 0.315 e. The molecule has 0 amide bonds. The van der Waals surface area contributed by atoms with E-state index in [1.165, 1.54) is 45.4 Å². The number of nitrogens with zero attached hydrogens (tertiary/aromatic N) is 2. The van der Waals surface area contributed by atoms with E-state index in [-0.39, 0.29) is 0 Å². The summed E-state index contributed by atoms with van der Waals surface area (Å²) in [4.78, 5) is 5.11. The molecule has 0 spiro atoms. The van der Waals surface area contributed by atoms with Crippen LogP contribution in [0.1, 0.15) is 33.1 Å². The minimum absolute atomic E-state index is 0.665. The predicted molar refractivity (Wildman–Crippen MR) is 70.9 cm³/mol. The molecular weight excluding hydrogens is 198 g/mol. The zero-order valence-electron chi connectivity index (χ0n) is 11.5. The fraction of sp³-hybridized carbons (Fsp3) is 1.00. The predicted octanol–water partition coefficient (Wildman–Crippen LogP) is 1.40. The average molecular weight is 227 g/mol. The third kappa shape index (κ3) is 3.72. The van der Waals surface area contributed by atoms with Gasteiger partial charge in [0.05, 0.1) is 0 Å². The summed E-state index contributed by atoms with van der Waals surface area (Å²) in [6.07, 6.45) is 3.83. The van der Waals surface area contributed by atoms with Gasteiger partial charge in [-0.3, -0.25) is 4.90 Å². The molecule has 0 aromatic rings. The van der Waals surface area contributed by atoms with Gasteiger partial charge in [0, 0.05) is 38.3 Å². The Kier molecular flexibility index (Phi) is 6.32. The molecule has 1 heterocycles. The lowest BCUT2D eigenvalue weighted by atomic mass is 9.98. The fourth-order valence-electron chi connectivity index (χ4n) is 2.79. The first-order valence-corrected chi connectivity index (χ1v) is 6.82. The zero-order chi connectivity index (χ0) is 12.0. The summed E-state index contributed by atoms with van der Waals surface area (Å²) < 4.78 is 0. The molecule has 96 valence electrons. The highest BCUT2D eigenvalue weighted by Gasteiger charge is 2.26. The Hall–Kier alpha value is -0.120. The molecule has 1 fully saturated rings. The smallest absolute Gasteiger partial charge is 0.0247 e. The van der Waals surface area contributed by atoms with Gasteiger partial charge in [-0.15, -0.1) is 0 Å². The second kappa shape index (κ2) is 7.25. The van der Waals surface area contributed by atoms with Crippen molar-refractivity contribution in [3.8, 4) is 0 Å². The minimum Gasteiger partial charge on any atom is -0.315 e. The van der Waals surface area contributed by atoms with Crippen LogP contribution in [0.25, 0.3) is 0 Å². The number of rotatable bonds is 6. The van der Waals surface area contributed by atoms with Gasteiger partial charge in [0.1, 0.15) is 0 Å². The Morgan fingerprint density at radius 2 is 1.75 bits per heavy atom. The second-order valence-corrected chi connectivity index (χ2v) is 5.00. The Balaban J connectivity index is 2.51. The van der Waals surface area contributed by atoms with Gasteiger partial charge in [0.2, 0.25) is 0 Å². The zero-order valence-corrected chi connectivity index (χ0v) is 11.5. The topological polar surface area (TPSA) is 18.5 Å². The van der Waals surface area contributed by atoms with Gasteiger partial charge in [-0.25, -0.2) is 0 Å². The molecule has 1 saturated heterocycles. The molecule has 0 bridgehead atoms. The molecule has 0 aromatic heterocycles. The third-order valence-electron chi connectivity index (χ3n) is 3.86. The van der Waals surface area contributed by atoms with Crippen molar-refractivity contribution in [2.24, 2.45) is 0 Å². The van der Waals surface area contributed by atoms with E-state index in [4.69, 9.17) is 0 Å². The van der Waals surface area contributed by atoms with E-state index in [0.29, 0.717) is 6.04 Å². The first kappa shape index (κ1) is 13.9. The van der Waals surface area contributed by atoms with E-state index in [2.05, 4.69) is 43.1 Å². The van der Waals surface area contributed by atoms with Gasteiger partial charge in [0.15, 0.2) is 0 Å². The Bertz CT molecular complexity index is 176. The van der Waals surface area contributed by atoms with Crippen LogP contribution in [-0.4, -0.2) is 62.2 Å². The molecule has 1 aliphatic rings. The van der Waals surface area contributed by atoms with E-state index in [1.54, 1.807) is 0 Å². The van der Waals surface area contributed by atoms with E-state index in [9.17, 15) is 0 Å². The van der Waals surface area contributed by atoms with Crippen molar-refractivity contribution in [2.75, 3.05) is 40.3 Å². The molecular formula is C13H29N3. The summed E-state index contributed by atoms with van der Waals surface area (Å²) in [6.45, 7) is 9.51. The summed E-state index contributed by atoms with van der Waals surface area (Å²) in [5.74, 6) is 0. The van der Waals surface area contributed by atoms with Crippen molar-refractivity contribution < 1.29 is 0 Å². The molecule has 1 aliphatic heterocycles. The van der Waals surface area contributed by atoms with Crippen LogP contribution >= 0.6 is 0 Å². The normalized spacial score (nSPS) is 23.2. The standard InChI is InChI=1S/C13H29N3/c1-5-7-12(14-3)13(6-2)16-10-8-15(4)9-11-16/h12-14H,5-11H2,1-4H3. The van der Waals surface area contributed by atoms with E-state index in [0.717, 1.165) is 6.04 Å². The van der Waals surface area contributed by atoms with Crippen LogP contribution < -0.4 is 5.32 Å². The van der Waals surface area contributed by atoms with Crippen LogP contribution in [0.5, 0.6) is 0 Å². The first-order chi connectivity index (χ1) is 7.72. The maximum absolute atomic E-state index is 3.51. The third-order valence-corrected chi connectivity index (χ3v) is 3.86. The van der Waals surface area contributed by atoms with Gasteiger partial charge < -0.3 is 10.2 Å². The van der Waals surface area contributed by atoms with Gasteiger partial charge in [-0.2, -0.15) is 0 Å². The van der Waals surface area contributed by atoms with Gasteiger partial charge in [0.25, 0.3) is 0 Å². The average Bonchev–Trinajstić information content (AvgIpc) is 2.31. The van der Waals surface area contributed by atoms with Crippen LogP contribution in [0, 0.1) is 0 Å². The Morgan fingerprint density at radius 3 is 2.19 bits per heavy atom. The van der Waals surface area contributed by atoms with Crippen LogP contribution in [0.15, 0.2) is 0 Å². The molecule has 2 unspecified atom stereocenters. The maximum Gasteiger partial charge on any atom is 0.0247 e. The molecule has 3 heteroatoms. The Labute approximate surface area is 101 Å². The fourth-order valence-corrected chi connectivity index (χ4v) is 2.79. The van der Waals surface area contributed by atoms with Crippen molar-refractivity contribution in [1.82, 2.24) is 15.1 Å². The number of hydrogen-bond donors (Lipinski definition) is 1. The molecule has 0 radical (unpaired) electrons. The van der Waals surface area contributed by atoms with Gasteiger partial charge in [-0.05, 0) is 26.9 Å². The monoisotopic (exact) mass is 227 g/mol. The molecule has 2 atom stereocenters. The molecule has 1 N–H and O–H groups in total. The molecule has 0 aromatic carbocycles. The van der Waals surface area contributed by atoms with Crippen LogP contribution in [0.3, 0.4) is 0 Å². The van der Waals surface area contributed by atoms with Crippen molar-refractivity contribution >= 4 is 0 Å².